The van der Waals surface area contributed by atoms with Crippen LogP contribution < -0.4 is 0 Å². The zero-order valence-electron chi connectivity index (χ0n) is 12.2. The Morgan fingerprint density at radius 1 is 1.25 bits per heavy atom. The van der Waals surface area contributed by atoms with Crippen molar-refractivity contribution in [1.29, 1.82) is 0 Å². The van der Waals surface area contributed by atoms with Gasteiger partial charge in [0.05, 0.1) is 0 Å². The Morgan fingerprint density at radius 2 is 1.85 bits per heavy atom. The van der Waals surface area contributed by atoms with Gasteiger partial charge in [-0.1, -0.05) is 26.0 Å². The Bertz CT molecular complexity index is 521. The highest BCUT2D eigenvalue weighted by Gasteiger charge is 2.46. The molecule has 1 aliphatic rings. The Labute approximate surface area is 119 Å². The summed E-state index contributed by atoms with van der Waals surface area (Å²) in [5.41, 5.74) is 0.654. The zero-order valence-corrected chi connectivity index (χ0v) is 12.2. The summed E-state index contributed by atoms with van der Waals surface area (Å²) >= 11 is 0. The minimum absolute atomic E-state index is 0.192. The van der Waals surface area contributed by atoms with Gasteiger partial charge in [0.25, 0.3) is 5.91 Å². The molecule has 1 N–H and O–H groups in total. The van der Waals surface area contributed by atoms with E-state index in [1.54, 1.807) is 19.1 Å². The Kier molecular flexibility index (Phi) is 3.84. The number of aliphatic carboxylic acids is 1. The minimum Gasteiger partial charge on any atom is -0.480 e. The molecule has 1 aromatic rings. The molecule has 20 heavy (non-hydrogen) atoms. The molecule has 0 spiro atoms. The van der Waals surface area contributed by atoms with Gasteiger partial charge in [-0.3, -0.25) is 4.79 Å². The van der Waals surface area contributed by atoms with Gasteiger partial charge in [0.1, 0.15) is 5.54 Å². The quantitative estimate of drug-likeness (QED) is 0.922. The normalized spacial score (nSPS) is 22.3. The van der Waals surface area contributed by atoms with Gasteiger partial charge < -0.3 is 10.0 Å². The van der Waals surface area contributed by atoms with Gasteiger partial charge in [-0.2, -0.15) is 0 Å². The highest BCUT2D eigenvalue weighted by atomic mass is 16.4. The molecule has 0 aromatic heterocycles. The lowest BCUT2D eigenvalue weighted by Crippen LogP contribution is -2.50. The maximum Gasteiger partial charge on any atom is 0.329 e. The van der Waals surface area contributed by atoms with Crippen LogP contribution in [-0.2, 0) is 4.79 Å². The molecule has 1 unspecified atom stereocenters. The predicted molar refractivity (Wildman–Crippen MR) is 76.8 cm³/mol. The number of rotatable bonds is 3. The van der Waals surface area contributed by atoms with Gasteiger partial charge in [-0.25, -0.2) is 4.79 Å². The third-order valence-electron chi connectivity index (χ3n) is 4.17. The fourth-order valence-electron chi connectivity index (χ4n) is 2.68. The van der Waals surface area contributed by atoms with Crippen molar-refractivity contribution in [3.8, 4) is 0 Å². The van der Waals surface area contributed by atoms with Crippen molar-refractivity contribution in [3.63, 3.8) is 0 Å². The third-order valence-corrected chi connectivity index (χ3v) is 4.17. The first-order chi connectivity index (χ1) is 9.36. The number of likely N-dealkylation sites (tertiary alicyclic amines) is 1. The van der Waals surface area contributed by atoms with E-state index in [-0.39, 0.29) is 5.91 Å². The maximum absolute atomic E-state index is 12.5. The fourth-order valence-corrected chi connectivity index (χ4v) is 2.68. The van der Waals surface area contributed by atoms with Gasteiger partial charge >= 0.3 is 5.97 Å². The molecular weight excluding hydrogens is 254 g/mol. The number of hydrogen-bond donors (Lipinski definition) is 1. The molecule has 0 saturated carbocycles. The van der Waals surface area contributed by atoms with Crippen LogP contribution in [0.2, 0.25) is 0 Å². The first-order valence-electron chi connectivity index (χ1n) is 7.01. The molecule has 1 saturated heterocycles. The minimum atomic E-state index is -1.08. The Morgan fingerprint density at radius 3 is 2.35 bits per heavy atom. The van der Waals surface area contributed by atoms with E-state index in [4.69, 9.17) is 0 Å². The molecule has 1 aromatic carbocycles. The van der Waals surface area contributed by atoms with Crippen molar-refractivity contribution in [2.45, 2.75) is 45.1 Å². The molecule has 0 aliphatic carbocycles. The number of hydrogen-bond acceptors (Lipinski definition) is 2. The van der Waals surface area contributed by atoms with E-state index >= 15 is 0 Å². The van der Waals surface area contributed by atoms with Gasteiger partial charge in [0.2, 0.25) is 0 Å². The number of carboxylic acid groups (broad SMARTS) is 1. The van der Waals surface area contributed by atoms with E-state index in [0.717, 1.165) is 6.42 Å². The van der Waals surface area contributed by atoms with Crippen LogP contribution in [0.4, 0.5) is 0 Å². The van der Waals surface area contributed by atoms with Gasteiger partial charge in [0.15, 0.2) is 0 Å². The smallest absolute Gasteiger partial charge is 0.329 e. The van der Waals surface area contributed by atoms with Crippen molar-refractivity contribution >= 4 is 11.9 Å². The van der Waals surface area contributed by atoms with Crippen LogP contribution in [0, 0.1) is 0 Å². The molecule has 1 heterocycles. The number of carbonyl (C=O) groups is 2. The van der Waals surface area contributed by atoms with E-state index in [1.807, 2.05) is 12.1 Å². The van der Waals surface area contributed by atoms with E-state index < -0.39 is 11.5 Å². The average Bonchev–Trinajstić information content (AvgIpc) is 2.81. The molecule has 1 atom stereocenters. The largest absolute Gasteiger partial charge is 0.480 e. The lowest BCUT2D eigenvalue weighted by Gasteiger charge is -2.31. The number of benzene rings is 1. The second-order valence-corrected chi connectivity index (χ2v) is 5.92. The van der Waals surface area contributed by atoms with Crippen LogP contribution in [0.25, 0.3) is 0 Å². The lowest BCUT2D eigenvalue weighted by atomic mass is 9.97. The fraction of sp³-hybridized carbons (Fsp3) is 0.500. The summed E-state index contributed by atoms with van der Waals surface area (Å²) < 4.78 is 0. The Hall–Kier alpha value is -1.84. The van der Waals surface area contributed by atoms with Crippen molar-refractivity contribution in [2.24, 2.45) is 0 Å². The van der Waals surface area contributed by atoms with Crippen LogP contribution in [0.5, 0.6) is 0 Å². The topological polar surface area (TPSA) is 57.6 Å². The lowest BCUT2D eigenvalue weighted by molar-refractivity contribution is -0.147. The molecule has 4 nitrogen and oxygen atoms in total. The van der Waals surface area contributed by atoms with Crippen LogP contribution in [0.3, 0.4) is 0 Å². The monoisotopic (exact) mass is 275 g/mol. The average molecular weight is 275 g/mol. The highest BCUT2D eigenvalue weighted by molar-refractivity contribution is 5.98. The van der Waals surface area contributed by atoms with E-state index in [2.05, 4.69) is 13.8 Å². The van der Waals surface area contributed by atoms with Crippen LogP contribution >= 0.6 is 0 Å². The summed E-state index contributed by atoms with van der Waals surface area (Å²) in [5.74, 6) is -0.708. The van der Waals surface area contributed by atoms with Crippen molar-refractivity contribution in [1.82, 2.24) is 4.90 Å². The van der Waals surface area contributed by atoms with Gasteiger partial charge in [0, 0.05) is 12.1 Å². The summed E-state index contributed by atoms with van der Waals surface area (Å²) in [5, 5.41) is 9.36. The molecule has 4 heteroatoms. The molecular formula is C16H21NO3. The van der Waals surface area contributed by atoms with Crippen molar-refractivity contribution in [2.75, 3.05) is 6.54 Å². The van der Waals surface area contributed by atoms with Crippen molar-refractivity contribution < 1.29 is 14.7 Å². The molecule has 108 valence electrons. The van der Waals surface area contributed by atoms with Gasteiger partial charge in [-0.15, -0.1) is 0 Å². The summed E-state index contributed by atoms with van der Waals surface area (Å²) in [6.45, 7) is 6.33. The predicted octanol–water partition coefficient (Wildman–Crippen LogP) is 2.89. The molecule has 0 bridgehead atoms. The summed E-state index contributed by atoms with van der Waals surface area (Å²) in [4.78, 5) is 25.4. The first-order valence-corrected chi connectivity index (χ1v) is 7.01. The number of nitrogens with zero attached hydrogens (tertiary/aromatic N) is 1. The van der Waals surface area contributed by atoms with E-state index in [0.29, 0.717) is 24.4 Å². The maximum atomic E-state index is 12.5. The molecule has 0 radical (unpaired) electrons. The number of amides is 1. The Balaban J connectivity index is 2.25. The summed E-state index contributed by atoms with van der Waals surface area (Å²) in [6, 6.07) is 7.45. The number of carboxylic acids is 1. The SMILES string of the molecule is CC(C)c1ccc(C(=O)N2CCCC2(C)C(=O)O)cc1. The second kappa shape index (κ2) is 5.27. The van der Waals surface area contributed by atoms with E-state index in [1.165, 1.54) is 10.5 Å². The van der Waals surface area contributed by atoms with Crippen LogP contribution in [0.15, 0.2) is 24.3 Å². The highest BCUT2D eigenvalue weighted by Crippen LogP contribution is 2.31. The molecule has 1 aliphatic heterocycles. The summed E-state index contributed by atoms with van der Waals surface area (Å²) in [6.07, 6.45) is 1.25. The van der Waals surface area contributed by atoms with E-state index in [9.17, 15) is 14.7 Å². The third kappa shape index (κ3) is 2.42. The van der Waals surface area contributed by atoms with Crippen molar-refractivity contribution in [3.05, 3.63) is 35.4 Å². The second-order valence-electron chi connectivity index (χ2n) is 5.92. The molecule has 1 fully saturated rings. The van der Waals surface area contributed by atoms with Gasteiger partial charge in [-0.05, 0) is 43.4 Å². The first kappa shape index (κ1) is 14.6. The van der Waals surface area contributed by atoms with Crippen LogP contribution in [0.1, 0.15) is 55.5 Å². The molecule has 2 rings (SSSR count). The number of carbonyl (C=O) groups excluding carboxylic acids is 1. The zero-order chi connectivity index (χ0) is 14.9. The standard InChI is InChI=1S/C16H21NO3/c1-11(2)12-5-7-13(8-6-12)14(18)17-10-4-9-16(17,3)15(19)20/h5-8,11H,4,9-10H2,1-3H3,(H,19,20). The summed E-state index contributed by atoms with van der Waals surface area (Å²) in [7, 11) is 0. The molecule has 1 amide bonds. The van der Waals surface area contributed by atoms with Crippen LogP contribution in [-0.4, -0.2) is 34.0 Å².